The minimum Gasteiger partial charge on any atom is -0.340 e. The highest BCUT2D eigenvalue weighted by atomic mass is 19.1. The largest absolute Gasteiger partial charge is 0.340 e. The van der Waals surface area contributed by atoms with Crippen molar-refractivity contribution < 1.29 is 14.1 Å². The summed E-state index contributed by atoms with van der Waals surface area (Å²) in [5, 5.41) is 10.5. The van der Waals surface area contributed by atoms with Crippen LogP contribution in [0.1, 0.15) is 12.0 Å². The normalized spacial score (nSPS) is 16.0. The quantitative estimate of drug-likeness (QED) is 0.623. The average molecular weight is 295 g/mol. The molecule has 1 aromatic rings. The summed E-state index contributed by atoms with van der Waals surface area (Å²) >= 11 is 0. The van der Waals surface area contributed by atoms with E-state index in [4.69, 9.17) is 0 Å². The van der Waals surface area contributed by atoms with Crippen molar-refractivity contribution in [1.82, 2.24) is 9.80 Å². The van der Waals surface area contributed by atoms with Gasteiger partial charge >= 0.3 is 5.69 Å². The van der Waals surface area contributed by atoms with Gasteiger partial charge in [-0.05, 0) is 25.1 Å². The van der Waals surface area contributed by atoms with Crippen LogP contribution < -0.4 is 0 Å². The number of carbonyl (C=O) groups is 1. The van der Waals surface area contributed by atoms with Crippen LogP contribution in [0.3, 0.4) is 0 Å². The second kappa shape index (κ2) is 6.62. The van der Waals surface area contributed by atoms with Gasteiger partial charge in [0, 0.05) is 38.7 Å². The Kier molecular flexibility index (Phi) is 4.85. The first-order chi connectivity index (χ1) is 9.97. The van der Waals surface area contributed by atoms with Crippen molar-refractivity contribution in [2.45, 2.75) is 12.8 Å². The van der Waals surface area contributed by atoms with E-state index in [0.29, 0.717) is 31.5 Å². The fourth-order valence-electron chi connectivity index (χ4n) is 2.32. The molecule has 0 saturated carbocycles. The minimum absolute atomic E-state index is 0.0434. The summed E-state index contributed by atoms with van der Waals surface area (Å²) in [5.74, 6) is -0.814. The molecule has 7 heteroatoms. The summed E-state index contributed by atoms with van der Waals surface area (Å²) in [6.07, 6.45) is 0.682. The van der Waals surface area contributed by atoms with Gasteiger partial charge in [0.1, 0.15) is 0 Å². The van der Waals surface area contributed by atoms with E-state index in [9.17, 15) is 19.3 Å². The van der Waals surface area contributed by atoms with Gasteiger partial charge in [-0.25, -0.2) is 0 Å². The molecule has 0 aliphatic carbocycles. The monoisotopic (exact) mass is 295 g/mol. The molecule has 2 rings (SSSR count). The van der Waals surface area contributed by atoms with Crippen molar-refractivity contribution in [2.75, 3.05) is 33.2 Å². The molecule has 0 spiro atoms. The molecule has 0 N–H and O–H groups in total. The molecule has 1 saturated heterocycles. The zero-order chi connectivity index (χ0) is 15.4. The maximum absolute atomic E-state index is 13.5. The number of halogens is 1. The molecule has 0 aromatic heterocycles. The highest BCUT2D eigenvalue weighted by Gasteiger charge is 2.19. The second-order valence-electron chi connectivity index (χ2n) is 5.23. The van der Waals surface area contributed by atoms with Crippen molar-refractivity contribution in [3.8, 4) is 0 Å². The summed E-state index contributed by atoms with van der Waals surface area (Å²) in [4.78, 5) is 25.8. The molecular formula is C14H18FN3O3. The fraction of sp³-hybridized carbons (Fsp3) is 0.500. The molecule has 1 amide bonds. The number of hydrogen-bond donors (Lipinski definition) is 0. The Bertz CT molecular complexity index is 542. The Morgan fingerprint density at radius 3 is 2.57 bits per heavy atom. The van der Waals surface area contributed by atoms with Gasteiger partial charge in [0.15, 0.2) is 0 Å². The van der Waals surface area contributed by atoms with Gasteiger partial charge in [-0.1, -0.05) is 6.07 Å². The smallest absolute Gasteiger partial charge is 0.304 e. The number of aryl methyl sites for hydroxylation is 1. The molecule has 0 radical (unpaired) electrons. The van der Waals surface area contributed by atoms with Crippen LogP contribution in [-0.2, 0) is 11.2 Å². The molecule has 1 aliphatic rings. The van der Waals surface area contributed by atoms with Crippen LogP contribution in [0.15, 0.2) is 18.2 Å². The van der Waals surface area contributed by atoms with Crippen LogP contribution in [0.4, 0.5) is 10.1 Å². The first-order valence-corrected chi connectivity index (χ1v) is 6.86. The Morgan fingerprint density at radius 2 is 2.00 bits per heavy atom. The van der Waals surface area contributed by atoms with Crippen molar-refractivity contribution in [3.05, 3.63) is 39.7 Å². The molecular weight excluding hydrogens is 277 g/mol. The van der Waals surface area contributed by atoms with E-state index in [0.717, 1.165) is 25.2 Å². The van der Waals surface area contributed by atoms with Gasteiger partial charge in [0.25, 0.3) is 0 Å². The van der Waals surface area contributed by atoms with E-state index < -0.39 is 16.4 Å². The second-order valence-corrected chi connectivity index (χ2v) is 5.23. The van der Waals surface area contributed by atoms with Crippen LogP contribution in [0, 0.1) is 15.9 Å². The van der Waals surface area contributed by atoms with E-state index in [1.807, 2.05) is 11.9 Å². The van der Waals surface area contributed by atoms with Gasteiger partial charge in [0.05, 0.1) is 4.92 Å². The highest BCUT2D eigenvalue weighted by Crippen LogP contribution is 2.19. The number of benzene rings is 1. The molecule has 0 bridgehead atoms. The third-order valence-corrected chi connectivity index (χ3v) is 3.69. The van der Waals surface area contributed by atoms with Gasteiger partial charge in [-0.3, -0.25) is 14.9 Å². The fourth-order valence-corrected chi connectivity index (χ4v) is 2.32. The number of nitro groups is 1. The predicted octanol–water partition coefficient (Wildman–Crippen LogP) is 1.44. The number of hydrogen-bond acceptors (Lipinski definition) is 4. The molecule has 1 fully saturated rings. The zero-order valence-corrected chi connectivity index (χ0v) is 11.9. The van der Waals surface area contributed by atoms with Gasteiger partial charge in [-0.15, -0.1) is 0 Å². The van der Waals surface area contributed by atoms with E-state index in [2.05, 4.69) is 4.90 Å². The molecule has 1 aromatic carbocycles. The lowest BCUT2D eigenvalue weighted by Gasteiger charge is -2.32. The first-order valence-electron chi connectivity index (χ1n) is 6.86. The molecule has 6 nitrogen and oxygen atoms in total. The molecule has 0 atom stereocenters. The van der Waals surface area contributed by atoms with Crippen LogP contribution in [0.25, 0.3) is 0 Å². The molecule has 1 aliphatic heterocycles. The molecule has 1 heterocycles. The van der Waals surface area contributed by atoms with Gasteiger partial charge in [-0.2, -0.15) is 4.39 Å². The minimum atomic E-state index is -0.857. The lowest BCUT2D eigenvalue weighted by atomic mass is 10.1. The third kappa shape index (κ3) is 3.98. The number of carbonyl (C=O) groups excluding carboxylic acids is 1. The van der Waals surface area contributed by atoms with Crippen LogP contribution >= 0.6 is 0 Å². The summed E-state index contributed by atoms with van der Waals surface area (Å²) < 4.78 is 13.5. The van der Waals surface area contributed by atoms with Crippen molar-refractivity contribution in [3.63, 3.8) is 0 Å². The summed E-state index contributed by atoms with van der Waals surface area (Å²) in [6.45, 7) is 3.14. The maximum atomic E-state index is 13.5. The van der Waals surface area contributed by atoms with Gasteiger partial charge in [0.2, 0.25) is 11.7 Å². The number of rotatable bonds is 4. The topological polar surface area (TPSA) is 66.7 Å². The maximum Gasteiger partial charge on any atom is 0.304 e. The van der Waals surface area contributed by atoms with E-state index in [1.54, 1.807) is 0 Å². The number of nitrogens with zero attached hydrogens (tertiary/aromatic N) is 3. The summed E-state index contributed by atoms with van der Waals surface area (Å²) in [6, 6.07) is 3.78. The number of likely N-dealkylation sites (N-methyl/N-ethyl adjacent to an activating group) is 1. The van der Waals surface area contributed by atoms with E-state index in [-0.39, 0.29) is 5.91 Å². The van der Waals surface area contributed by atoms with Crippen molar-refractivity contribution >= 4 is 11.6 Å². The van der Waals surface area contributed by atoms with Crippen LogP contribution in [-0.4, -0.2) is 53.9 Å². The van der Waals surface area contributed by atoms with E-state index in [1.165, 1.54) is 6.07 Å². The number of nitro benzene ring substituents is 1. The Labute approximate surface area is 122 Å². The average Bonchev–Trinajstić information content (AvgIpc) is 2.45. The highest BCUT2D eigenvalue weighted by molar-refractivity contribution is 5.76. The lowest BCUT2D eigenvalue weighted by Crippen LogP contribution is -2.47. The SMILES string of the molecule is CN1CCN(C(=O)CCc2ccc([N+](=O)[O-])c(F)c2)CC1. The first kappa shape index (κ1) is 15.4. The van der Waals surface area contributed by atoms with Gasteiger partial charge < -0.3 is 9.80 Å². The zero-order valence-electron chi connectivity index (χ0n) is 11.9. The van der Waals surface area contributed by atoms with Crippen LogP contribution in [0.5, 0.6) is 0 Å². The van der Waals surface area contributed by atoms with Crippen molar-refractivity contribution in [2.24, 2.45) is 0 Å². The standard InChI is InChI=1S/C14H18FN3O3/c1-16-6-8-17(9-7-16)14(19)5-3-11-2-4-13(18(20)21)12(15)10-11/h2,4,10H,3,5-9H2,1H3. The van der Waals surface area contributed by atoms with E-state index >= 15 is 0 Å². The molecule has 0 unspecified atom stereocenters. The summed E-state index contributed by atoms with van der Waals surface area (Å²) in [7, 11) is 2.02. The Morgan fingerprint density at radius 1 is 1.33 bits per heavy atom. The van der Waals surface area contributed by atoms with Crippen molar-refractivity contribution in [1.29, 1.82) is 0 Å². The predicted molar refractivity (Wildman–Crippen MR) is 75.5 cm³/mol. The Hall–Kier alpha value is -2.02. The number of amides is 1. The third-order valence-electron chi connectivity index (χ3n) is 3.69. The number of piperazine rings is 1. The lowest BCUT2D eigenvalue weighted by molar-refractivity contribution is -0.387. The Balaban J connectivity index is 1.89. The summed E-state index contributed by atoms with van der Waals surface area (Å²) in [5.41, 5.74) is 0.0599. The molecule has 21 heavy (non-hydrogen) atoms. The molecule has 114 valence electrons. The van der Waals surface area contributed by atoms with Crippen LogP contribution in [0.2, 0.25) is 0 Å².